The van der Waals surface area contributed by atoms with Crippen LogP contribution in [0, 0.1) is 0 Å². The summed E-state index contributed by atoms with van der Waals surface area (Å²) in [7, 11) is 0. The first-order chi connectivity index (χ1) is 7.78. The van der Waals surface area contributed by atoms with Crippen molar-refractivity contribution in [3.05, 3.63) is 40.9 Å². The molecule has 1 N–H and O–H groups in total. The summed E-state index contributed by atoms with van der Waals surface area (Å²) in [6.07, 6.45) is 0. The Morgan fingerprint density at radius 3 is 2.18 bits per heavy atom. The zero-order valence-corrected chi connectivity index (χ0v) is 11.7. The van der Waals surface area contributed by atoms with Gasteiger partial charge in [-0.3, -0.25) is 4.99 Å². The minimum absolute atomic E-state index is 0.216. The van der Waals surface area contributed by atoms with Crippen LogP contribution in [0.3, 0.4) is 0 Å². The van der Waals surface area contributed by atoms with Crippen LogP contribution in [0.4, 0.5) is 5.69 Å². The second kappa shape index (κ2) is 5.56. The average Bonchev–Trinajstić information content (AvgIpc) is 2.18. The van der Waals surface area contributed by atoms with Crippen LogP contribution in [0.25, 0.3) is 0 Å². The standard InChI is InChI=1S/C13H16Cl2N2/c1-9(14)12(17-13(2,3)4)16-11-7-5-10(15)6-8-11/h5-8H,1H2,2-4H3,(H,16,17). The minimum atomic E-state index is -0.216. The Bertz CT molecular complexity index is 428. The van der Waals surface area contributed by atoms with Crippen molar-refractivity contribution in [1.82, 2.24) is 0 Å². The molecule has 1 aromatic rings. The van der Waals surface area contributed by atoms with Crippen molar-refractivity contribution in [2.75, 3.05) is 5.32 Å². The summed E-state index contributed by atoms with van der Waals surface area (Å²) in [6.45, 7) is 9.69. The van der Waals surface area contributed by atoms with E-state index in [0.717, 1.165) is 5.69 Å². The third-order valence-corrected chi connectivity index (χ3v) is 2.24. The van der Waals surface area contributed by atoms with E-state index in [4.69, 9.17) is 23.2 Å². The molecule has 0 aliphatic carbocycles. The molecule has 0 unspecified atom stereocenters. The first kappa shape index (κ1) is 14.1. The molecule has 0 saturated heterocycles. The Morgan fingerprint density at radius 1 is 1.24 bits per heavy atom. The molecule has 0 bridgehead atoms. The smallest absolute Gasteiger partial charge is 0.144 e. The van der Waals surface area contributed by atoms with Gasteiger partial charge in [0.05, 0.1) is 10.6 Å². The molecule has 0 fully saturated rings. The summed E-state index contributed by atoms with van der Waals surface area (Å²) >= 11 is 11.7. The fourth-order valence-electron chi connectivity index (χ4n) is 1.16. The number of hydrogen-bond acceptors (Lipinski definition) is 1. The summed E-state index contributed by atoms with van der Waals surface area (Å²) < 4.78 is 0. The summed E-state index contributed by atoms with van der Waals surface area (Å²) in [6, 6.07) is 7.33. The van der Waals surface area contributed by atoms with Crippen LogP contribution in [0.2, 0.25) is 5.02 Å². The number of nitrogens with zero attached hydrogens (tertiary/aromatic N) is 1. The fraction of sp³-hybridized carbons (Fsp3) is 0.308. The van der Waals surface area contributed by atoms with Crippen molar-refractivity contribution in [1.29, 1.82) is 0 Å². The molecule has 1 rings (SSSR count). The van der Waals surface area contributed by atoms with E-state index in [1.165, 1.54) is 0 Å². The van der Waals surface area contributed by atoms with Crippen LogP contribution in [-0.4, -0.2) is 11.4 Å². The van der Waals surface area contributed by atoms with Gasteiger partial charge in [0.2, 0.25) is 0 Å². The number of rotatable bonds is 2. The van der Waals surface area contributed by atoms with Gasteiger partial charge in [-0.1, -0.05) is 29.8 Å². The van der Waals surface area contributed by atoms with Gasteiger partial charge < -0.3 is 5.32 Å². The number of amidine groups is 1. The largest absolute Gasteiger partial charge is 0.339 e. The molecule has 0 amide bonds. The monoisotopic (exact) mass is 270 g/mol. The highest BCUT2D eigenvalue weighted by atomic mass is 35.5. The van der Waals surface area contributed by atoms with Crippen LogP contribution in [0.1, 0.15) is 20.8 Å². The Kier molecular flexibility index (Phi) is 4.61. The van der Waals surface area contributed by atoms with Crippen molar-refractivity contribution in [3.8, 4) is 0 Å². The lowest BCUT2D eigenvalue weighted by Gasteiger charge is -2.16. The maximum absolute atomic E-state index is 5.92. The quantitative estimate of drug-likeness (QED) is 0.611. The van der Waals surface area contributed by atoms with Crippen LogP contribution in [0.15, 0.2) is 40.9 Å². The van der Waals surface area contributed by atoms with Gasteiger partial charge >= 0.3 is 0 Å². The molecule has 1 aromatic carbocycles. The van der Waals surface area contributed by atoms with E-state index >= 15 is 0 Å². The summed E-state index contributed by atoms with van der Waals surface area (Å²) in [4.78, 5) is 4.47. The van der Waals surface area contributed by atoms with E-state index in [9.17, 15) is 0 Å². The average molecular weight is 271 g/mol. The van der Waals surface area contributed by atoms with Crippen molar-refractivity contribution in [2.45, 2.75) is 26.3 Å². The lowest BCUT2D eigenvalue weighted by Crippen LogP contribution is -2.20. The molecule has 0 atom stereocenters. The Balaban J connectivity index is 2.92. The van der Waals surface area contributed by atoms with Crippen LogP contribution in [-0.2, 0) is 0 Å². The van der Waals surface area contributed by atoms with Gasteiger partial charge in [0.15, 0.2) is 0 Å². The first-order valence-electron chi connectivity index (χ1n) is 5.25. The number of nitrogens with one attached hydrogen (secondary N) is 1. The van der Waals surface area contributed by atoms with E-state index in [0.29, 0.717) is 15.9 Å². The Labute approximate surface area is 112 Å². The zero-order valence-electron chi connectivity index (χ0n) is 10.2. The van der Waals surface area contributed by atoms with Crippen molar-refractivity contribution < 1.29 is 0 Å². The van der Waals surface area contributed by atoms with E-state index in [2.05, 4.69) is 16.9 Å². The molecule has 4 heteroatoms. The molecule has 0 aromatic heterocycles. The van der Waals surface area contributed by atoms with Gasteiger partial charge in [0.1, 0.15) is 5.84 Å². The summed E-state index contributed by atoms with van der Waals surface area (Å²) in [5.74, 6) is 0.571. The van der Waals surface area contributed by atoms with Gasteiger partial charge in [-0.2, -0.15) is 0 Å². The van der Waals surface area contributed by atoms with Crippen molar-refractivity contribution in [3.63, 3.8) is 0 Å². The Morgan fingerprint density at radius 2 is 1.76 bits per heavy atom. The molecular weight excluding hydrogens is 255 g/mol. The molecule has 0 aliphatic rings. The third kappa shape index (κ3) is 5.24. The Hall–Kier alpha value is -0.990. The van der Waals surface area contributed by atoms with E-state index < -0.39 is 0 Å². The molecular formula is C13H16Cl2N2. The normalized spacial score (nSPS) is 12.4. The first-order valence-corrected chi connectivity index (χ1v) is 6.01. The lowest BCUT2D eigenvalue weighted by molar-refractivity contribution is 0.584. The maximum atomic E-state index is 5.92. The summed E-state index contributed by atoms with van der Waals surface area (Å²) in [5, 5.41) is 4.20. The highest BCUT2D eigenvalue weighted by Crippen LogP contribution is 2.17. The van der Waals surface area contributed by atoms with Crippen molar-refractivity contribution in [2.24, 2.45) is 4.99 Å². The summed E-state index contributed by atoms with van der Waals surface area (Å²) in [5.41, 5.74) is 0.659. The van der Waals surface area contributed by atoms with Gasteiger partial charge in [-0.25, -0.2) is 0 Å². The highest BCUT2D eigenvalue weighted by Gasteiger charge is 2.11. The fourth-order valence-corrected chi connectivity index (χ4v) is 1.38. The van der Waals surface area contributed by atoms with E-state index in [1.807, 2.05) is 32.9 Å². The molecule has 17 heavy (non-hydrogen) atoms. The topological polar surface area (TPSA) is 24.4 Å². The van der Waals surface area contributed by atoms with Gasteiger partial charge in [-0.05, 0) is 45.0 Å². The second-order valence-electron chi connectivity index (χ2n) is 4.67. The molecule has 0 heterocycles. The molecule has 2 nitrogen and oxygen atoms in total. The van der Waals surface area contributed by atoms with Gasteiger partial charge in [0.25, 0.3) is 0 Å². The minimum Gasteiger partial charge on any atom is -0.339 e. The molecule has 0 spiro atoms. The molecule has 0 radical (unpaired) electrons. The van der Waals surface area contributed by atoms with E-state index in [-0.39, 0.29) is 5.54 Å². The molecule has 0 aliphatic heterocycles. The number of benzene rings is 1. The second-order valence-corrected chi connectivity index (χ2v) is 5.56. The highest BCUT2D eigenvalue weighted by molar-refractivity contribution is 6.44. The SMILES string of the molecule is C=C(Cl)C(=NC(C)(C)C)Nc1ccc(Cl)cc1. The molecule has 0 saturated carbocycles. The predicted octanol–water partition coefficient (Wildman–Crippen LogP) is 4.70. The van der Waals surface area contributed by atoms with Crippen molar-refractivity contribution >= 4 is 34.7 Å². The van der Waals surface area contributed by atoms with Crippen LogP contribution >= 0.6 is 23.2 Å². The van der Waals surface area contributed by atoms with E-state index in [1.54, 1.807) is 12.1 Å². The number of anilines is 1. The predicted molar refractivity (Wildman–Crippen MR) is 77.3 cm³/mol. The number of halogens is 2. The van der Waals surface area contributed by atoms with Crippen LogP contribution < -0.4 is 5.32 Å². The lowest BCUT2D eigenvalue weighted by atomic mass is 10.1. The molecule has 92 valence electrons. The van der Waals surface area contributed by atoms with Gasteiger partial charge in [-0.15, -0.1) is 0 Å². The third-order valence-electron chi connectivity index (χ3n) is 1.81. The number of hydrogen-bond donors (Lipinski definition) is 1. The zero-order chi connectivity index (χ0) is 13.1. The number of aliphatic imine (C=N–C) groups is 1. The van der Waals surface area contributed by atoms with Gasteiger partial charge in [0, 0.05) is 10.7 Å². The maximum Gasteiger partial charge on any atom is 0.144 e. The van der Waals surface area contributed by atoms with Crippen LogP contribution in [0.5, 0.6) is 0 Å².